The predicted octanol–water partition coefficient (Wildman–Crippen LogP) is -3.06. The molecule has 6 unspecified atom stereocenters. The zero-order chi connectivity index (χ0) is 13.4. The summed E-state index contributed by atoms with van der Waals surface area (Å²) >= 11 is 0. The van der Waals surface area contributed by atoms with Crippen molar-refractivity contribution in [3.8, 4) is 0 Å². The van der Waals surface area contributed by atoms with Gasteiger partial charge in [0.05, 0.1) is 0 Å². The Morgan fingerprint density at radius 3 is 1.65 bits per heavy atom. The second-order valence-electron chi connectivity index (χ2n) is 3.72. The lowest BCUT2D eigenvalue weighted by atomic mass is 9.85. The largest absolute Gasteiger partial charge is 0.470 e. The van der Waals surface area contributed by atoms with Crippen LogP contribution in [0.25, 0.3) is 0 Å². The monoisotopic (exact) mass is 274 g/mol. The molecule has 6 atom stereocenters. The summed E-state index contributed by atoms with van der Waals surface area (Å²) in [5.41, 5.74) is 0. The smallest absolute Gasteiger partial charge is 0.387 e. The minimum atomic E-state index is -4.94. The van der Waals surface area contributed by atoms with Gasteiger partial charge in [-0.05, 0) is 0 Å². The molecule has 0 bridgehead atoms. The Morgan fingerprint density at radius 1 is 0.882 bits per heavy atom. The van der Waals surface area contributed by atoms with Gasteiger partial charge in [-0.15, -0.1) is 0 Å². The Hall–Kier alpha value is -0.0900. The lowest BCUT2D eigenvalue weighted by molar-refractivity contribution is -0.225. The summed E-state index contributed by atoms with van der Waals surface area (Å²) < 4.78 is 19.6. The van der Waals surface area contributed by atoms with Crippen molar-refractivity contribution in [2.75, 3.05) is 7.11 Å². The topological polar surface area (TPSA) is 157 Å². The van der Waals surface area contributed by atoms with Gasteiger partial charge < -0.3 is 34.9 Å². The average molecular weight is 274 g/mol. The van der Waals surface area contributed by atoms with Crippen molar-refractivity contribution >= 4 is 7.82 Å². The zero-order valence-corrected chi connectivity index (χ0v) is 9.71. The summed E-state index contributed by atoms with van der Waals surface area (Å²) in [6, 6.07) is 0. The molecule has 1 saturated carbocycles. The second kappa shape index (κ2) is 5.27. The summed E-state index contributed by atoms with van der Waals surface area (Å²) in [5, 5.41) is 37.7. The molecule has 0 aromatic heterocycles. The fraction of sp³-hybridized carbons (Fsp3) is 1.00. The van der Waals surface area contributed by atoms with E-state index in [1.54, 1.807) is 0 Å². The van der Waals surface area contributed by atoms with Crippen molar-refractivity contribution in [2.24, 2.45) is 0 Å². The van der Waals surface area contributed by atoms with Gasteiger partial charge in [0.2, 0.25) is 0 Å². The van der Waals surface area contributed by atoms with E-state index in [9.17, 15) is 25.0 Å². The van der Waals surface area contributed by atoms with E-state index in [-0.39, 0.29) is 0 Å². The highest BCUT2D eigenvalue weighted by atomic mass is 31.2. The Morgan fingerprint density at radius 2 is 1.29 bits per heavy atom. The van der Waals surface area contributed by atoms with E-state index in [1.165, 1.54) is 0 Å². The maximum Gasteiger partial charge on any atom is 0.470 e. The highest BCUT2D eigenvalue weighted by Gasteiger charge is 2.51. The van der Waals surface area contributed by atoms with E-state index in [1.807, 2.05) is 0 Å². The van der Waals surface area contributed by atoms with Crippen molar-refractivity contribution < 1.29 is 44.0 Å². The van der Waals surface area contributed by atoms with Crippen LogP contribution in [0.1, 0.15) is 0 Å². The Kier molecular flexibility index (Phi) is 4.64. The first-order valence-corrected chi connectivity index (χ1v) is 6.21. The van der Waals surface area contributed by atoms with Gasteiger partial charge in [0.1, 0.15) is 36.6 Å². The third kappa shape index (κ3) is 3.22. The molecular formula is C7H15O9P. The van der Waals surface area contributed by atoms with E-state index in [0.29, 0.717) is 0 Å². The van der Waals surface area contributed by atoms with Crippen molar-refractivity contribution in [1.29, 1.82) is 0 Å². The van der Waals surface area contributed by atoms with Crippen LogP contribution in [-0.4, -0.2) is 73.9 Å². The quantitative estimate of drug-likeness (QED) is 0.294. The SMILES string of the molecule is COC1C(O)C(O)C(O)C(O)C1OP(=O)(O)O. The summed E-state index contributed by atoms with van der Waals surface area (Å²) in [6.07, 6.45) is -9.98. The van der Waals surface area contributed by atoms with Crippen molar-refractivity contribution in [3.63, 3.8) is 0 Å². The molecule has 0 aromatic carbocycles. The molecule has 102 valence electrons. The van der Waals surface area contributed by atoms with Crippen LogP contribution < -0.4 is 0 Å². The normalized spacial score (nSPS) is 43.7. The van der Waals surface area contributed by atoms with E-state index >= 15 is 0 Å². The molecule has 0 spiro atoms. The molecule has 0 aliphatic heterocycles. The van der Waals surface area contributed by atoms with E-state index in [4.69, 9.17) is 14.5 Å². The average Bonchev–Trinajstić information content (AvgIpc) is 2.22. The molecule has 0 aromatic rings. The van der Waals surface area contributed by atoms with Gasteiger partial charge in [0.25, 0.3) is 0 Å². The number of ether oxygens (including phenoxy) is 1. The first-order valence-electron chi connectivity index (χ1n) is 4.68. The van der Waals surface area contributed by atoms with Crippen LogP contribution in [0.3, 0.4) is 0 Å². The summed E-state index contributed by atoms with van der Waals surface area (Å²) in [6.45, 7) is 0. The lowest BCUT2D eigenvalue weighted by Gasteiger charge is -2.42. The van der Waals surface area contributed by atoms with Crippen LogP contribution in [0.15, 0.2) is 0 Å². The fourth-order valence-corrected chi connectivity index (χ4v) is 2.30. The molecule has 0 heterocycles. The zero-order valence-electron chi connectivity index (χ0n) is 8.82. The van der Waals surface area contributed by atoms with Crippen LogP contribution in [0.2, 0.25) is 0 Å². The molecule has 17 heavy (non-hydrogen) atoms. The van der Waals surface area contributed by atoms with Crippen LogP contribution in [0.5, 0.6) is 0 Å². The fourth-order valence-electron chi connectivity index (χ4n) is 1.74. The number of methoxy groups -OCH3 is 1. The predicted molar refractivity (Wildman–Crippen MR) is 51.7 cm³/mol. The number of phosphoric acid groups is 1. The Balaban J connectivity index is 2.94. The first kappa shape index (κ1) is 15.0. The Bertz CT molecular complexity index is 304. The summed E-state index contributed by atoms with van der Waals surface area (Å²) in [4.78, 5) is 17.3. The number of hydrogen-bond acceptors (Lipinski definition) is 7. The third-order valence-corrected chi connectivity index (χ3v) is 3.10. The standard InChI is InChI=1S/C7H15O9P/c1-15-6-4(10)2(8)3(9)5(11)7(6)16-17(12,13)14/h2-11H,1H3,(H2,12,13,14). The van der Waals surface area contributed by atoms with Gasteiger partial charge in [-0.3, -0.25) is 4.52 Å². The number of aliphatic hydroxyl groups excluding tert-OH is 4. The molecule has 0 saturated heterocycles. The maximum atomic E-state index is 10.7. The van der Waals surface area contributed by atoms with Gasteiger partial charge in [-0.1, -0.05) is 0 Å². The van der Waals surface area contributed by atoms with Crippen LogP contribution in [0, 0.1) is 0 Å². The highest BCUT2D eigenvalue weighted by molar-refractivity contribution is 7.46. The van der Waals surface area contributed by atoms with Gasteiger partial charge in [-0.25, -0.2) is 4.57 Å². The van der Waals surface area contributed by atoms with Gasteiger partial charge in [0, 0.05) is 7.11 Å². The number of aliphatic hydroxyl groups is 4. The van der Waals surface area contributed by atoms with E-state index in [0.717, 1.165) is 7.11 Å². The first-order chi connectivity index (χ1) is 7.69. The molecule has 0 radical (unpaired) electrons. The third-order valence-electron chi connectivity index (χ3n) is 2.58. The molecule has 6 N–H and O–H groups in total. The molecule has 1 rings (SSSR count). The minimum absolute atomic E-state index is 1.10. The molecule has 10 heteroatoms. The number of hydrogen-bond donors (Lipinski definition) is 6. The lowest BCUT2D eigenvalue weighted by Crippen LogP contribution is -2.64. The van der Waals surface area contributed by atoms with Gasteiger partial charge in [-0.2, -0.15) is 0 Å². The number of rotatable bonds is 3. The van der Waals surface area contributed by atoms with E-state index < -0.39 is 44.4 Å². The second-order valence-corrected chi connectivity index (χ2v) is 4.92. The molecule has 1 aliphatic rings. The maximum absolute atomic E-state index is 10.7. The molecular weight excluding hydrogens is 259 g/mol. The van der Waals surface area contributed by atoms with Gasteiger partial charge in [0.15, 0.2) is 0 Å². The van der Waals surface area contributed by atoms with Crippen molar-refractivity contribution in [1.82, 2.24) is 0 Å². The summed E-state index contributed by atoms with van der Waals surface area (Å²) in [7, 11) is -3.84. The number of phosphoric ester groups is 1. The molecule has 9 nitrogen and oxygen atoms in total. The van der Waals surface area contributed by atoms with Crippen LogP contribution >= 0.6 is 7.82 Å². The molecule has 1 aliphatic carbocycles. The minimum Gasteiger partial charge on any atom is -0.387 e. The van der Waals surface area contributed by atoms with Gasteiger partial charge >= 0.3 is 7.82 Å². The van der Waals surface area contributed by atoms with Crippen LogP contribution in [-0.2, 0) is 13.8 Å². The highest BCUT2D eigenvalue weighted by Crippen LogP contribution is 2.41. The van der Waals surface area contributed by atoms with E-state index in [2.05, 4.69) is 4.52 Å². The summed E-state index contributed by atoms with van der Waals surface area (Å²) in [5.74, 6) is 0. The van der Waals surface area contributed by atoms with Crippen molar-refractivity contribution in [3.05, 3.63) is 0 Å². The van der Waals surface area contributed by atoms with Crippen molar-refractivity contribution in [2.45, 2.75) is 36.6 Å². The molecule has 0 amide bonds. The van der Waals surface area contributed by atoms with Crippen LogP contribution in [0.4, 0.5) is 0 Å². The Labute approximate surface area is 96.5 Å². The molecule has 1 fully saturated rings.